The molecule has 1 unspecified atom stereocenters. The SMILES string of the molecule is C=CCCC(=O)N[C@H]1CCCC1O. The van der Waals surface area contributed by atoms with E-state index < -0.39 is 0 Å². The van der Waals surface area contributed by atoms with Crippen LogP contribution in [0, 0.1) is 0 Å². The van der Waals surface area contributed by atoms with Crippen molar-refractivity contribution in [2.45, 2.75) is 44.2 Å². The lowest BCUT2D eigenvalue weighted by Crippen LogP contribution is -2.39. The van der Waals surface area contributed by atoms with Crippen molar-refractivity contribution in [3.63, 3.8) is 0 Å². The van der Waals surface area contributed by atoms with Crippen LogP contribution in [0.4, 0.5) is 0 Å². The van der Waals surface area contributed by atoms with Crippen molar-refractivity contribution in [3.8, 4) is 0 Å². The van der Waals surface area contributed by atoms with Gasteiger partial charge in [0.25, 0.3) is 0 Å². The minimum Gasteiger partial charge on any atom is -0.391 e. The number of aliphatic hydroxyl groups is 1. The number of allylic oxidation sites excluding steroid dienone is 1. The van der Waals surface area contributed by atoms with Crippen molar-refractivity contribution in [2.24, 2.45) is 0 Å². The number of amides is 1. The number of carbonyl (C=O) groups is 1. The molecule has 13 heavy (non-hydrogen) atoms. The molecule has 0 heterocycles. The average molecular weight is 183 g/mol. The van der Waals surface area contributed by atoms with Gasteiger partial charge in [-0.2, -0.15) is 0 Å². The second kappa shape index (κ2) is 5.02. The first-order valence-electron chi connectivity index (χ1n) is 4.82. The van der Waals surface area contributed by atoms with Crippen LogP contribution in [-0.4, -0.2) is 23.2 Å². The molecule has 74 valence electrons. The molecule has 0 radical (unpaired) electrons. The van der Waals surface area contributed by atoms with Crippen molar-refractivity contribution in [3.05, 3.63) is 12.7 Å². The fraction of sp³-hybridized carbons (Fsp3) is 0.700. The van der Waals surface area contributed by atoms with Gasteiger partial charge in [-0.15, -0.1) is 6.58 Å². The van der Waals surface area contributed by atoms with E-state index in [1.807, 2.05) is 0 Å². The van der Waals surface area contributed by atoms with E-state index in [9.17, 15) is 9.90 Å². The summed E-state index contributed by atoms with van der Waals surface area (Å²) in [7, 11) is 0. The molecule has 0 aromatic carbocycles. The second-order valence-electron chi connectivity index (χ2n) is 3.50. The lowest BCUT2D eigenvalue weighted by molar-refractivity contribution is -0.122. The Balaban J connectivity index is 2.22. The molecule has 1 saturated carbocycles. The van der Waals surface area contributed by atoms with Crippen LogP contribution in [0.15, 0.2) is 12.7 Å². The molecule has 1 amide bonds. The van der Waals surface area contributed by atoms with E-state index in [0.29, 0.717) is 12.8 Å². The van der Waals surface area contributed by atoms with Crippen molar-refractivity contribution < 1.29 is 9.90 Å². The highest BCUT2D eigenvalue weighted by molar-refractivity contribution is 5.76. The molecule has 1 aliphatic carbocycles. The maximum absolute atomic E-state index is 11.2. The van der Waals surface area contributed by atoms with E-state index in [-0.39, 0.29) is 18.1 Å². The molecule has 3 heteroatoms. The minimum atomic E-state index is -0.340. The lowest BCUT2D eigenvalue weighted by atomic mass is 10.2. The summed E-state index contributed by atoms with van der Waals surface area (Å²) in [6, 6.07) is -0.0164. The maximum atomic E-state index is 11.2. The molecule has 0 saturated heterocycles. The number of nitrogens with one attached hydrogen (secondary N) is 1. The van der Waals surface area contributed by atoms with Gasteiger partial charge in [0.15, 0.2) is 0 Å². The van der Waals surface area contributed by atoms with Gasteiger partial charge in [-0.3, -0.25) is 4.79 Å². The third-order valence-electron chi connectivity index (χ3n) is 2.40. The van der Waals surface area contributed by atoms with Gasteiger partial charge in [-0.25, -0.2) is 0 Å². The van der Waals surface area contributed by atoms with Gasteiger partial charge in [-0.05, 0) is 25.7 Å². The molecule has 0 aromatic heterocycles. The zero-order chi connectivity index (χ0) is 9.68. The van der Waals surface area contributed by atoms with Crippen molar-refractivity contribution >= 4 is 5.91 Å². The van der Waals surface area contributed by atoms with Gasteiger partial charge >= 0.3 is 0 Å². The quantitative estimate of drug-likeness (QED) is 0.638. The summed E-state index contributed by atoms with van der Waals surface area (Å²) in [5.74, 6) is 0.0193. The Hall–Kier alpha value is -0.830. The maximum Gasteiger partial charge on any atom is 0.220 e. The van der Waals surface area contributed by atoms with Crippen LogP contribution in [0.5, 0.6) is 0 Å². The largest absolute Gasteiger partial charge is 0.391 e. The molecule has 0 bridgehead atoms. The van der Waals surface area contributed by atoms with Crippen molar-refractivity contribution in [1.29, 1.82) is 0 Å². The van der Waals surface area contributed by atoms with Crippen LogP contribution in [0.25, 0.3) is 0 Å². The van der Waals surface area contributed by atoms with E-state index >= 15 is 0 Å². The summed E-state index contributed by atoms with van der Waals surface area (Å²) in [5, 5.41) is 12.3. The third-order valence-corrected chi connectivity index (χ3v) is 2.40. The minimum absolute atomic E-state index is 0.0164. The van der Waals surface area contributed by atoms with Crippen LogP contribution >= 0.6 is 0 Å². The predicted octanol–water partition coefficient (Wildman–Crippen LogP) is 0.982. The molecule has 0 aliphatic heterocycles. The number of hydrogen-bond acceptors (Lipinski definition) is 2. The summed E-state index contributed by atoms with van der Waals surface area (Å²) in [5.41, 5.74) is 0. The van der Waals surface area contributed by atoms with Gasteiger partial charge in [0.05, 0.1) is 12.1 Å². The molecule has 2 atom stereocenters. The Kier molecular flexibility index (Phi) is 3.96. The zero-order valence-corrected chi connectivity index (χ0v) is 7.83. The van der Waals surface area contributed by atoms with Gasteiger partial charge in [-0.1, -0.05) is 6.08 Å². The summed E-state index contributed by atoms with van der Waals surface area (Å²) >= 11 is 0. The van der Waals surface area contributed by atoms with Crippen LogP contribution in [0.2, 0.25) is 0 Å². The predicted molar refractivity (Wildman–Crippen MR) is 51.2 cm³/mol. The monoisotopic (exact) mass is 183 g/mol. The Morgan fingerprint density at radius 1 is 1.62 bits per heavy atom. The molecule has 0 spiro atoms. The molecule has 0 aromatic rings. The Labute approximate surface area is 78.8 Å². The number of aliphatic hydroxyl groups excluding tert-OH is 1. The van der Waals surface area contributed by atoms with Gasteiger partial charge in [0, 0.05) is 6.42 Å². The van der Waals surface area contributed by atoms with Crippen LogP contribution in [-0.2, 0) is 4.79 Å². The Bertz CT molecular complexity index is 191. The van der Waals surface area contributed by atoms with E-state index in [2.05, 4.69) is 11.9 Å². The average Bonchev–Trinajstić information content (AvgIpc) is 2.48. The molecule has 1 fully saturated rings. The first-order valence-corrected chi connectivity index (χ1v) is 4.82. The number of rotatable bonds is 4. The fourth-order valence-electron chi connectivity index (χ4n) is 1.62. The standard InChI is InChI=1S/C10H17NO2/c1-2-3-7-10(13)11-8-5-4-6-9(8)12/h2,8-9,12H,1,3-7H2,(H,11,13)/t8-,9?/m0/s1. The summed E-state index contributed by atoms with van der Waals surface area (Å²) in [6.07, 6.45) is 5.29. The molecular formula is C10H17NO2. The van der Waals surface area contributed by atoms with E-state index in [0.717, 1.165) is 19.3 Å². The van der Waals surface area contributed by atoms with E-state index in [1.165, 1.54) is 0 Å². The smallest absolute Gasteiger partial charge is 0.220 e. The van der Waals surface area contributed by atoms with Gasteiger partial charge < -0.3 is 10.4 Å². The van der Waals surface area contributed by atoms with E-state index in [4.69, 9.17) is 0 Å². The highest BCUT2D eigenvalue weighted by Crippen LogP contribution is 2.18. The Morgan fingerprint density at radius 3 is 2.92 bits per heavy atom. The van der Waals surface area contributed by atoms with Gasteiger partial charge in [0.1, 0.15) is 0 Å². The lowest BCUT2D eigenvalue weighted by Gasteiger charge is -2.15. The number of carbonyl (C=O) groups excluding carboxylic acids is 1. The first kappa shape index (κ1) is 10.3. The van der Waals surface area contributed by atoms with Crippen LogP contribution in [0.1, 0.15) is 32.1 Å². The highest BCUT2D eigenvalue weighted by Gasteiger charge is 2.25. The van der Waals surface area contributed by atoms with Crippen LogP contribution < -0.4 is 5.32 Å². The van der Waals surface area contributed by atoms with Crippen molar-refractivity contribution in [2.75, 3.05) is 0 Å². The first-order chi connectivity index (χ1) is 6.24. The highest BCUT2D eigenvalue weighted by atomic mass is 16.3. The van der Waals surface area contributed by atoms with E-state index in [1.54, 1.807) is 6.08 Å². The zero-order valence-electron chi connectivity index (χ0n) is 7.83. The summed E-state index contributed by atoms with van der Waals surface area (Å²) < 4.78 is 0. The Morgan fingerprint density at radius 2 is 2.38 bits per heavy atom. The molecule has 2 N–H and O–H groups in total. The fourth-order valence-corrected chi connectivity index (χ4v) is 1.62. The number of hydrogen-bond donors (Lipinski definition) is 2. The molecule has 3 nitrogen and oxygen atoms in total. The van der Waals surface area contributed by atoms with Crippen LogP contribution in [0.3, 0.4) is 0 Å². The topological polar surface area (TPSA) is 49.3 Å². The summed E-state index contributed by atoms with van der Waals surface area (Å²) in [4.78, 5) is 11.2. The summed E-state index contributed by atoms with van der Waals surface area (Å²) in [6.45, 7) is 3.55. The van der Waals surface area contributed by atoms with Crippen molar-refractivity contribution in [1.82, 2.24) is 5.32 Å². The normalized spacial score (nSPS) is 27.2. The molecule has 1 rings (SSSR count). The molecular weight excluding hydrogens is 166 g/mol. The van der Waals surface area contributed by atoms with Gasteiger partial charge in [0.2, 0.25) is 5.91 Å². The molecule has 1 aliphatic rings. The third kappa shape index (κ3) is 3.19. The second-order valence-corrected chi connectivity index (χ2v) is 3.50.